The van der Waals surface area contributed by atoms with Crippen LogP contribution in [0.5, 0.6) is 0 Å². The van der Waals surface area contributed by atoms with Crippen LogP contribution in [0.4, 0.5) is 0 Å². The summed E-state index contributed by atoms with van der Waals surface area (Å²) < 4.78 is 5.35. The molecule has 0 saturated carbocycles. The van der Waals surface area contributed by atoms with Crippen LogP contribution in [0.2, 0.25) is 0 Å². The highest BCUT2D eigenvalue weighted by atomic mass is 16.5. The van der Waals surface area contributed by atoms with Crippen LogP contribution in [0.1, 0.15) is 5.56 Å². The van der Waals surface area contributed by atoms with Crippen LogP contribution < -0.4 is 0 Å². The Morgan fingerprint density at radius 2 is 2.06 bits per heavy atom. The molecular formula is C13H16N2O. The zero-order valence-electron chi connectivity index (χ0n) is 9.28. The molecule has 84 valence electrons. The van der Waals surface area contributed by atoms with Crippen LogP contribution in [0.15, 0.2) is 30.5 Å². The number of morpholine rings is 1. The zero-order chi connectivity index (χ0) is 10.8. The molecule has 1 fully saturated rings. The van der Waals surface area contributed by atoms with Gasteiger partial charge in [0, 0.05) is 31.3 Å². The minimum Gasteiger partial charge on any atom is -0.379 e. The molecular weight excluding hydrogens is 200 g/mol. The minimum atomic E-state index is 0.867. The first-order chi connectivity index (χ1) is 7.92. The number of H-pyrrole nitrogens is 1. The SMILES string of the molecule is c1cc2cc(CN3CCOCC3)ccc2[nH]1. The van der Waals surface area contributed by atoms with Gasteiger partial charge in [0.1, 0.15) is 0 Å². The third-order valence-electron chi connectivity index (χ3n) is 3.13. The number of hydrogen-bond donors (Lipinski definition) is 1. The van der Waals surface area contributed by atoms with E-state index in [4.69, 9.17) is 4.74 Å². The Hall–Kier alpha value is -1.32. The molecule has 1 aromatic carbocycles. The summed E-state index contributed by atoms with van der Waals surface area (Å²) in [4.78, 5) is 5.66. The van der Waals surface area contributed by atoms with E-state index in [-0.39, 0.29) is 0 Å². The lowest BCUT2D eigenvalue weighted by molar-refractivity contribution is 0.0342. The van der Waals surface area contributed by atoms with Gasteiger partial charge in [0.25, 0.3) is 0 Å². The van der Waals surface area contributed by atoms with Crippen LogP contribution >= 0.6 is 0 Å². The first-order valence-corrected chi connectivity index (χ1v) is 5.78. The summed E-state index contributed by atoms with van der Waals surface area (Å²) in [5, 5.41) is 1.30. The van der Waals surface area contributed by atoms with Crippen LogP contribution in [-0.2, 0) is 11.3 Å². The van der Waals surface area contributed by atoms with Crippen molar-refractivity contribution in [2.45, 2.75) is 6.54 Å². The second-order valence-electron chi connectivity index (χ2n) is 4.29. The summed E-state index contributed by atoms with van der Waals surface area (Å²) in [6, 6.07) is 8.75. The van der Waals surface area contributed by atoms with Crippen molar-refractivity contribution in [1.82, 2.24) is 9.88 Å². The number of nitrogens with zero attached hydrogens (tertiary/aromatic N) is 1. The van der Waals surface area contributed by atoms with Gasteiger partial charge in [-0.2, -0.15) is 0 Å². The fraction of sp³-hybridized carbons (Fsp3) is 0.385. The Balaban J connectivity index is 1.77. The first kappa shape index (κ1) is 9.87. The average Bonchev–Trinajstić information content (AvgIpc) is 2.77. The van der Waals surface area contributed by atoms with Gasteiger partial charge in [0.2, 0.25) is 0 Å². The van der Waals surface area contributed by atoms with Crippen molar-refractivity contribution in [3.63, 3.8) is 0 Å². The van der Waals surface area contributed by atoms with Gasteiger partial charge in [-0.1, -0.05) is 6.07 Å². The maximum absolute atomic E-state index is 5.35. The number of aromatic nitrogens is 1. The lowest BCUT2D eigenvalue weighted by Crippen LogP contribution is -2.35. The molecule has 2 heterocycles. The lowest BCUT2D eigenvalue weighted by Gasteiger charge is -2.26. The minimum absolute atomic E-state index is 0.867. The number of ether oxygens (including phenoxy) is 1. The molecule has 16 heavy (non-hydrogen) atoms. The van der Waals surface area contributed by atoms with Gasteiger partial charge in [0.15, 0.2) is 0 Å². The molecule has 3 heteroatoms. The standard InChI is InChI=1S/C13H16N2O/c1-2-13-12(3-4-14-13)9-11(1)10-15-5-7-16-8-6-15/h1-4,9,14H,5-8,10H2. The van der Waals surface area contributed by atoms with Gasteiger partial charge in [-0.05, 0) is 29.1 Å². The van der Waals surface area contributed by atoms with E-state index in [2.05, 4.69) is 34.1 Å². The summed E-state index contributed by atoms with van der Waals surface area (Å²) in [6.07, 6.45) is 1.99. The Morgan fingerprint density at radius 3 is 2.94 bits per heavy atom. The second kappa shape index (κ2) is 4.28. The van der Waals surface area contributed by atoms with Crippen molar-refractivity contribution < 1.29 is 4.74 Å². The van der Waals surface area contributed by atoms with Gasteiger partial charge in [0.05, 0.1) is 13.2 Å². The van der Waals surface area contributed by atoms with Crippen LogP contribution in [0.3, 0.4) is 0 Å². The molecule has 0 bridgehead atoms. The van der Waals surface area contributed by atoms with E-state index in [1.54, 1.807) is 0 Å². The van der Waals surface area contributed by atoms with Crippen molar-refractivity contribution >= 4 is 10.9 Å². The number of nitrogens with one attached hydrogen (secondary N) is 1. The Labute approximate surface area is 95.0 Å². The summed E-state index contributed by atoms with van der Waals surface area (Å²) in [5.41, 5.74) is 2.60. The summed E-state index contributed by atoms with van der Waals surface area (Å²) >= 11 is 0. The largest absolute Gasteiger partial charge is 0.379 e. The first-order valence-electron chi connectivity index (χ1n) is 5.78. The molecule has 3 rings (SSSR count). The molecule has 1 N–H and O–H groups in total. The molecule has 3 nitrogen and oxygen atoms in total. The van der Waals surface area contributed by atoms with Crippen LogP contribution in [0.25, 0.3) is 10.9 Å². The topological polar surface area (TPSA) is 28.3 Å². The van der Waals surface area contributed by atoms with Gasteiger partial charge >= 0.3 is 0 Å². The number of benzene rings is 1. The fourth-order valence-electron chi connectivity index (χ4n) is 2.22. The quantitative estimate of drug-likeness (QED) is 0.831. The molecule has 0 unspecified atom stereocenters. The third-order valence-corrected chi connectivity index (χ3v) is 3.13. The van der Waals surface area contributed by atoms with E-state index in [9.17, 15) is 0 Å². The number of fused-ring (bicyclic) bond motifs is 1. The average molecular weight is 216 g/mol. The number of hydrogen-bond acceptors (Lipinski definition) is 2. The third kappa shape index (κ3) is 1.96. The molecule has 2 aromatic rings. The van der Waals surface area contributed by atoms with E-state index in [1.165, 1.54) is 16.5 Å². The molecule has 1 aromatic heterocycles. The predicted molar refractivity (Wildman–Crippen MR) is 64.4 cm³/mol. The van der Waals surface area contributed by atoms with Crippen molar-refractivity contribution in [3.8, 4) is 0 Å². The summed E-state index contributed by atoms with van der Waals surface area (Å²) in [5.74, 6) is 0. The monoisotopic (exact) mass is 216 g/mol. The maximum Gasteiger partial charge on any atom is 0.0594 e. The number of aromatic amines is 1. The van der Waals surface area contributed by atoms with Crippen molar-refractivity contribution in [2.24, 2.45) is 0 Å². The van der Waals surface area contributed by atoms with E-state index < -0.39 is 0 Å². The van der Waals surface area contributed by atoms with E-state index >= 15 is 0 Å². The second-order valence-corrected chi connectivity index (χ2v) is 4.29. The smallest absolute Gasteiger partial charge is 0.0594 e. The van der Waals surface area contributed by atoms with Crippen molar-refractivity contribution in [1.29, 1.82) is 0 Å². The predicted octanol–water partition coefficient (Wildman–Crippen LogP) is 2.00. The fourth-order valence-corrected chi connectivity index (χ4v) is 2.22. The Morgan fingerprint density at radius 1 is 1.19 bits per heavy atom. The van der Waals surface area contributed by atoms with Gasteiger partial charge in [-0.15, -0.1) is 0 Å². The van der Waals surface area contributed by atoms with E-state index in [0.29, 0.717) is 0 Å². The number of rotatable bonds is 2. The Kier molecular flexibility index (Phi) is 2.64. The van der Waals surface area contributed by atoms with E-state index in [1.807, 2.05) is 6.20 Å². The molecule has 0 atom stereocenters. The molecule has 1 aliphatic heterocycles. The normalized spacial score (nSPS) is 18.0. The van der Waals surface area contributed by atoms with Crippen LogP contribution in [-0.4, -0.2) is 36.2 Å². The molecule has 1 saturated heterocycles. The highest BCUT2D eigenvalue weighted by Gasteiger charge is 2.10. The highest BCUT2D eigenvalue weighted by Crippen LogP contribution is 2.16. The van der Waals surface area contributed by atoms with Crippen molar-refractivity contribution in [3.05, 3.63) is 36.0 Å². The summed E-state index contributed by atoms with van der Waals surface area (Å²) in [6.45, 7) is 4.86. The maximum atomic E-state index is 5.35. The Bertz CT molecular complexity index is 471. The molecule has 1 aliphatic rings. The van der Waals surface area contributed by atoms with Gasteiger partial charge < -0.3 is 9.72 Å². The van der Waals surface area contributed by atoms with Gasteiger partial charge in [-0.3, -0.25) is 4.90 Å². The molecule has 0 amide bonds. The van der Waals surface area contributed by atoms with Crippen LogP contribution in [0, 0.1) is 0 Å². The summed E-state index contributed by atoms with van der Waals surface area (Å²) in [7, 11) is 0. The van der Waals surface area contributed by atoms with E-state index in [0.717, 1.165) is 32.8 Å². The molecule has 0 aliphatic carbocycles. The molecule has 0 radical (unpaired) electrons. The van der Waals surface area contributed by atoms with Gasteiger partial charge in [-0.25, -0.2) is 0 Å². The van der Waals surface area contributed by atoms with Crippen molar-refractivity contribution in [2.75, 3.05) is 26.3 Å². The zero-order valence-corrected chi connectivity index (χ0v) is 9.28. The molecule has 0 spiro atoms. The lowest BCUT2D eigenvalue weighted by atomic mass is 10.1. The highest BCUT2D eigenvalue weighted by molar-refractivity contribution is 5.79.